The van der Waals surface area contributed by atoms with Crippen molar-refractivity contribution in [2.24, 2.45) is 0 Å². The van der Waals surface area contributed by atoms with Gasteiger partial charge in [0.05, 0.1) is 6.17 Å². The van der Waals surface area contributed by atoms with Gasteiger partial charge in [-0.15, -0.1) is 0 Å². The fourth-order valence-electron chi connectivity index (χ4n) is 4.09. The Morgan fingerprint density at radius 2 is 1.27 bits per heavy atom. The number of rotatable bonds is 10. The van der Waals surface area contributed by atoms with E-state index in [0.717, 1.165) is 6.17 Å². The third-order valence-corrected chi connectivity index (χ3v) is 14.5. The molecule has 0 atom stereocenters. The van der Waals surface area contributed by atoms with Crippen LogP contribution in [0.4, 0.5) is 0 Å². The van der Waals surface area contributed by atoms with Crippen LogP contribution >= 0.6 is 0 Å². The summed E-state index contributed by atoms with van der Waals surface area (Å²) in [5.74, 6) is 0. The van der Waals surface area contributed by atoms with Crippen LogP contribution in [0.25, 0.3) is 0 Å². The summed E-state index contributed by atoms with van der Waals surface area (Å²) < 4.78 is 20.1. The molecule has 6 heteroatoms. The van der Waals surface area contributed by atoms with Crippen molar-refractivity contribution in [2.75, 3.05) is 27.5 Å². The minimum atomic E-state index is -2.56. The second kappa shape index (κ2) is 9.54. The molecular formula is C16H37NO3Si2. The maximum absolute atomic E-state index is 5.76. The Kier molecular flexibility index (Phi) is 8.81. The third-order valence-electron chi connectivity index (χ3n) is 5.90. The van der Waals surface area contributed by atoms with Gasteiger partial charge in [0.25, 0.3) is 0 Å². The molecule has 0 aromatic carbocycles. The lowest BCUT2D eigenvalue weighted by Gasteiger charge is -2.49. The molecule has 1 fully saturated rings. The van der Waals surface area contributed by atoms with E-state index in [-0.39, 0.29) is 0 Å². The first-order chi connectivity index (χ1) is 10.6. The van der Waals surface area contributed by atoms with Gasteiger partial charge in [0.15, 0.2) is 0 Å². The monoisotopic (exact) mass is 347 g/mol. The van der Waals surface area contributed by atoms with E-state index in [2.05, 4.69) is 25.3 Å². The van der Waals surface area contributed by atoms with Crippen LogP contribution in [-0.4, -0.2) is 55.1 Å². The van der Waals surface area contributed by atoms with Crippen LogP contribution in [-0.2, 0) is 13.3 Å². The van der Waals surface area contributed by atoms with Crippen LogP contribution in [0, 0.1) is 0 Å². The molecule has 22 heavy (non-hydrogen) atoms. The van der Waals surface area contributed by atoms with Gasteiger partial charge in [-0.25, -0.2) is 0 Å². The highest BCUT2D eigenvalue weighted by Crippen LogP contribution is 2.34. The molecule has 1 saturated carbocycles. The van der Waals surface area contributed by atoms with E-state index >= 15 is 0 Å². The Labute approximate surface area is 140 Å². The Morgan fingerprint density at radius 1 is 0.818 bits per heavy atom. The van der Waals surface area contributed by atoms with Crippen LogP contribution in [0.5, 0.6) is 0 Å². The largest absolute Gasteiger partial charge is 0.514 e. The minimum Gasteiger partial charge on any atom is -0.376 e. The zero-order valence-electron chi connectivity index (χ0n) is 15.6. The maximum atomic E-state index is 5.76. The Bertz CT molecular complexity index is 287. The van der Waals surface area contributed by atoms with Crippen molar-refractivity contribution < 1.29 is 13.3 Å². The van der Waals surface area contributed by atoms with Gasteiger partial charge in [0, 0.05) is 27.4 Å². The first-order valence-corrected chi connectivity index (χ1v) is 13.5. The molecule has 1 aliphatic carbocycles. The van der Waals surface area contributed by atoms with Crippen LogP contribution in [0.1, 0.15) is 52.9 Å². The zero-order chi connectivity index (χ0) is 16.6. The van der Waals surface area contributed by atoms with E-state index in [1.807, 2.05) is 0 Å². The lowest BCUT2D eigenvalue weighted by molar-refractivity contribution is 0.104. The summed E-state index contributed by atoms with van der Waals surface area (Å²) in [6.45, 7) is 7.14. The molecule has 0 aliphatic heterocycles. The first-order valence-electron chi connectivity index (χ1n) is 8.99. The number of hydrogen-bond donors (Lipinski definition) is 0. The maximum Gasteiger partial charge on any atom is 0.514 e. The fourth-order valence-corrected chi connectivity index (χ4v) is 11.3. The summed E-state index contributed by atoms with van der Waals surface area (Å²) in [7, 11) is 1.20. The Morgan fingerprint density at radius 3 is 1.64 bits per heavy atom. The summed E-state index contributed by atoms with van der Waals surface area (Å²) >= 11 is 0. The van der Waals surface area contributed by atoms with Gasteiger partial charge < -0.3 is 17.8 Å². The summed E-state index contributed by atoms with van der Waals surface area (Å²) in [4.78, 5) is 0. The Balaban J connectivity index is 3.09. The summed E-state index contributed by atoms with van der Waals surface area (Å²) in [5.41, 5.74) is 0. The summed E-state index contributed by atoms with van der Waals surface area (Å²) in [5, 5.41) is 0. The van der Waals surface area contributed by atoms with Crippen molar-refractivity contribution in [3.8, 4) is 0 Å². The van der Waals surface area contributed by atoms with Crippen LogP contribution < -0.4 is 0 Å². The van der Waals surface area contributed by atoms with Gasteiger partial charge >= 0.3 is 8.80 Å². The topological polar surface area (TPSA) is 30.9 Å². The lowest BCUT2D eigenvalue weighted by Crippen LogP contribution is -2.65. The van der Waals surface area contributed by atoms with Gasteiger partial charge in [-0.1, -0.05) is 40.0 Å². The molecule has 1 aliphatic rings. The fraction of sp³-hybridized carbons (Fsp3) is 1.00. The smallest absolute Gasteiger partial charge is 0.376 e. The first kappa shape index (κ1) is 20.3. The van der Waals surface area contributed by atoms with Crippen molar-refractivity contribution in [3.63, 3.8) is 0 Å². The van der Waals surface area contributed by atoms with E-state index in [1.54, 1.807) is 21.3 Å². The zero-order valence-corrected chi connectivity index (χ0v) is 17.6. The molecule has 0 saturated heterocycles. The average molecular weight is 348 g/mol. The average Bonchev–Trinajstić information content (AvgIpc) is 2.61. The minimum absolute atomic E-state index is 0.701. The molecule has 0 radical (unpaired) electrons. The number of hydrogen-bond acceptors (Lipinski definition) is 4. The molecule has 0 unspecified atom stereocenters. The molecule has 0 N–H and O–H groups in total. The molecule has 0 amide bonds. The molecule has 132 valence electrons. The standard InChI is InChI=1S/C16H37NO3Si2/c1-7-21(8-2,9-3)17(16-13-11-10-12-14-16)15-22(18-4,19-5)20-6/h16H,7-15H2,1-6H3. The molecule has 1 rings (SSSR count). The summed E-state index contributed by atoms with van der Waals surface area (Å²) in [6, 6.07) is 4.61. The van der Waals surface area contributed by atoms with E-state index in [9.17, 15) is 0 Å². The van der Waals surface area contributed by atoms with Crippen molar-refractivity contribution in [2.45, 2.75) is 77.0 Å². The third kappa shape index (κ3) is 4.42. The van der Waals surface area contributed by atoms with Crippen LogP contribution in [0.3, 0.4) is 0 Å². The van der Waals surface area contributed by atoms with Gasteiger partial charge in [0.1, 0.15) is 8.24 Å². The van der Waals surface area contributed by atoms with Crippen molar-refractivity contribution in [1.29, 1.82) is 0 Å². The molecule has 4 nitrogen and oxygen atoms in total. The number of nitrogens with zero attached hydrogens (tertiary/aromatic N) is 1. The second-order valence-electron chi connectivity index (χ2n) is 6.50. The van der Waals surface area contributed by atoms with E-state index in [0.29, 0.717) is 6.04 Å². The van der Waals surface area contributed by atoms with E-state index < -0.39 is 17.0 Å². The van der Waals surface area contributed by atoms with Gasteiger partial charge in [-0.05, 0) is 31.0 Å². The molecule has 0 aromatic rings. The van der Waals surface area contributed by atoms with Crippen molar-refractivity contribution >= 4 is 17.0 Å². The van der Waals surface area contributed by atoms with E-state index in [4.69, 9.17) is 13.3 Å². The molecule has 0 heterocycles. The normalized spacial score (nSPS) is 18.1. The van der Waals surface area contributed by atoms with Crippen molar-refractivity contribution in [3.05, 3.63) is 0 Å². The highest BCUT2D eigenvalue weighted by atomic mass is 28.4. The molecule has 0 bridgehead atoms. The van der Waals surface area contributed by atoms with Gasteiger partial charge in [-0.2, -0.15) is 0 Å². The molecule has 0 aromatic heterocycles. The highest BCUT2D eigenvalue weighted by molar-refractivity contribution is 6.78. The van der Waals surface area contributed by atoms with Crippen LogP contribution in [0.15, 0.2) is 0 Å². The van der Waals surface area contributed by atoms with Gasteiger partial charge in [0.2, 0.25) is 0 Å². The van der Waals surface area contributed by atoms with E-state index in [1.165, 1.54) is 50.2 Å². The summed E-state index contributed by atoms with van der Waals surface area (Å²) in [6.07, 6.45) is 7.65. The highest BCUT2D eigenvalue weighted by Gasteiger charge is 2.48. The van der Waals surface area contributed by atoms with Crippen LogP contribution in [0.2, 0.25) is 18.1 Å². The molecular weight excluding hydrogens is 310 g/mol. The predicted molar refractivity (Wildman–Crippen MR) is 97.6 cm³/mol. The second-order valence-corrected chi connectivity index (χ2v) is 14.6. The SMILES string of the molecule is CC[Si](CC)(CC)N(C[Si](OC)(OC)OC)C1CCCCC1. The molecule has 0 spiro atoms. The predicted octanol–water partition coefficient (Wildman–Crippen LogP) is 4.04. The lowest BCUT2D eigenvalue weighted by atomic mass is 9.96. The Hall–Kier alpha value is 0.274. The van der Waals surface area contributed by atoms with Gasteiger partial charge in [-0.3, -0.25) is 0 Å². The quantitative estimate of drug-likeness (QED) is 0.558. The van der Waals surface area contributed by atoms with Crippen molar-refractivity contribution in [1.82, 2.24) is 4.57 Å².